The molecule has 0 unspecified atom stereocenters. The van der Waals surface area contributed by atoms with Crippen LogP contribution >= 0.6 is 23.2 Å². The minimum Gasteiger partial charge on any atom is -0.482 e. The first kappa shape index (κ1) is 27.6. The van der Waals surface area contributed by atoms with Crippen molar-refractivity contribution in [3.63, 3.8) is 0 Å². The van der Waals surface area contributed by atoms with Gasteiger partial charge in [-0.3, -0.25) is 9.59 Å². The molecular formula is C29H32Cl2N2O3. The zero-order valence-corrected chi connectivity index (χ0v) is 22.4. The van der Waals surface area contributed by atoms with Crippen LogP contribution in [0.4, 0.5) is 0 Å². The Morgan fingerprint density at radius 2 is 1.69 bits per heavy atom. The molecule has 0 spiro atoms. The average molecular weight is 527 g/mol. The Bertz CT molecular complexity index is 1170. The number of ether oxygens (including phenoxy) is 1. The third-order valence-electron chi connectivity index (χ3n) is 5.95. The summed E-state index contributed by atoms with van der Waals surface area (Å²) in [7, 11) is 0. The van der Waals surface area contributed by atoms with E-state index in [1.54, 1.807) is 23.1 Å². The monoisotopic (exact) mass is 526 g/mol. The first-order valence-corrected chi connectivity index (χ1v) is 12.8. The van der Waals surface area contributed by atoms with Crippen LogP contribution in [0.25, 0.3) is 0 Å². The Morgan fingerprint density at radius 3 is 2.36 bits per heavy atom. The zero-order valence-electron chi connectivity index (χ0n) is 20.8. The molecule has 36 heavy (non-hydrogen) atoms. The molecule has 2 amide bonds. The van der Waals surface area contributed by atoms with E-state index in [1.165, 1.54) is 0 Å². The van der Waals surface area contributed by atoms with E-state index in [1.807, 2.05) is 75.4 Å². The highest BCUT2D eigenvalue weighted by molar-refractivity contribution is 6.35. The molecule has 7 heteroatoms. The third-order valence-corrected chi connectivity index (χ3v) is 6.48. The van der Waals surface area contributed by atoms with Crippen LogP contribution in [0.5, 0.6) is 5.75 Å². The molecule has 0 saturated carbocycles. The molecule has 3 aromatic rings. The summed E-state index contributed by atoms with van der Waals surface area (Å²) in [6.45, 7) is 5.96. The summed E-state index contributed by atoms with van der Waals surface area (Å²) in [6, 6.07) is 21.7. The van der Waals surface area contributed by atoms with Crippen molar-refractivity contribution in [1.29, 1.82) is 0 Å². The maximum Gasteiger partial charge on any atom is 0.261 e. The summed E-state index contributed by atoms with van der Waals surface area (Å²) < 4.78 is 5.76. The number of carbonyl (C=O) groups excluding carboxylic acids is 2. The molecule has 1 N–H and O–H groups in total. The van der Waals surface area contributed by atoms with Crippen LogP contribution in [0.1, 0.15) is 37.0 Å². The van der Waals surface area contributed by atoms with E-state index in [0.29, 0.717) is 22.2 Å². The van der Waals surface area contributed by atoms with Gasteiger partial charge in [0.25, 0.3) is 5.91 Å². The maximum atomic E-state index is 13.6. The zero-order chi connectivity index (χ0) is 26.1. The second-order valence-electron chi connectivity index (χ2n) is 8.90. The predicted molar refractivity (Wildman–Crippen MR) is 146 cm³/mol. The van der Waals surface area contributed by atoms with E-state index in [9.17, 15) is 9.59 Å². The van der Waals surface area contributed by atoms with Gasteiger partial charge in [-0.2, -0.15) is 0 Å². The topological polar surface area (TPSA) is 58.6 Å². The lowest BCUT2D eigenvalue weighted by Gasteiger charge is -2.32. The van der Waals surface area contributed by atoms with Gasteiger partial charge in [0.05, 0.1) is 5.02 Å². The van der Waals surface area contributed by atoms with Gasteiger partial charge in [-0.1, -0.05) is 90.3 Å². The van der Waals surface area contributed by atoms with Crippen LogP contribution in [0.15, 0.2) is 72.8 Å². The molecule has 3 aromatic carbocycles. The van der Waals surface area contributed by atoms with Crippen LogP contribution in [0.2, 0.25) is 10.0 Å². The largest absolute Gasteiger partial charge is 0.482 e. The first-order chi connectivity index (χ1) is 17.3. The lowest BCUT2D eigenvalue weighted by Crippen LogP contribution is -2.53. The van der Waals surface area contributed by atoms with Gasteiger partial charge in [0.1, 0.15) is 11.8 Å². The van der Waals surface area contributed by atoms with Crippen molar-refractivity contribution >= 4 is 35.0 Å². The smallest absolute Gasteiger partial charge is 0.261 e. The van der Waals surface area contributed by atoms with Gasteiger partial charge in [-0.05, 0) is 49.6 Å². The fourth-order valence-electron chi connectivity index (χ4n) is 3.82. The quantitative estimate of drug-likeness (QED) is 0.322. The van der Waals surface area contributed by atoms with E-state index in [2.05, 4.69) is 5.32 Å². The summed E-state index contributed by atoms with van der Waals surface area (Å²) in [5, 5.41) is 3.85. The molecular weight excluding hydrogens is 495 g/mol. The van der Waals surface area contributed by atoms with Crippen LogP contribution in [0.3, 0.4) is 0 Å². The van der Waals surface area contributed by atoms with Gasteiger partial charge in [-0.25, -0.2) is 0 Å². The Morgan fingerprint density at radius 1 is 0.972 bits per heavy atom. The van der Waals surface area contributed by atoms with Gasteiger partial charge in [0.15, 0.2) is 6.61 Å². The number of hydrogen-bond donors (Lipinski definition) is 1. The highest BCUT2D eigenvalue weighted by Gasteiger charge is 2.31. The molecule has 5 nitrogen and oxygen atoms in total. The highest BCUT2D eigenvalue weighted by atomic mass is 35.5. The Labute approximate surface area is 223 Å². The highest BCUT2D eigenvalue weighted by Crippen LogP contribution is 2.27. The van der Waals surface area contributed by atoms with Crippen molar-refractivity contribution in [1.82, 2.24) is 10.2 Å². The van der Waals surface area contributed by atoms with E-state index in [-0.39, 0.29) is 31.0 Å². The molecule has 0 fully saturated rings. The molecule has 0 aliphatic carbocycles. The minimum absolute atomic E-state index is 0.0178. The van der Waals surface area contributed by atoms with Crippen LogP contribution in [-0.4, -0.2) is 35.4 Å². The molecule has 0 heterocycles. The van der Waals surface area contributed by atoms with E-state index in [4.69, 9.17) is 27.9 Å². The standard InChI is InChI=1S/C29H32Cl2N2O3/c1-4-21(3)32-29(35)26(16-22-10-6-5-7-11-22)33(18-23-12-8-9-20(2)15-23)28(34)19-36-27-14-13-24(30)17-25(27)31/h5-15,17,21,26H,4,16,18-19H2,1-3H3,(H,32,35)/t21-,26+/m0/s1. The SMILES string of the molecule is CC[C@H](C)NC(=O)[C@@H](Cc1ccccc1)N(Cc1cccc(C)c1)C(=O)COc1ccc(Cl)cc1Cl. The number of rotatable bonds is 11. The van der Waals surface area contributed by atoms with Crippen LogP contribution in [0, 0.1) is 6.92 Å². The van der Waals surface area contributed by atoms with Gasteiger partial charge in [-0.15, -0.1) is 0 Å². The molecule has 0 saturated heterocycles. The third kappa shape index (κ3) is 8.00. The Hall–Kier alpha value is -3.02. The molecule has 0 bridgehead atoms. The summed E-state index contributed by atoms with van der Waals surface area (Å²) in [5.41, 5.74) is 2.97. The molecule has 0 aliphatic rings. The summed E-state index contributed by atoms with van der Waals surface area (Å²) in [5.74, 6) is -0.157. The van der Waals surface area contributed by atoms with E-state index in [0.717, 1.165) is 23.1 Å². The minimum atomic E-state index is -0.723. The fraction of sp³-hybridized carbons (Fsp3) is 0.310. The number of nitrogens with zero attached hydrogens (tertiary/aromatic N) is 1. The number of benzene rings is 3. The number of halogens is 2. The summed E-state index contributed by atoms with van der Waals surface area (Å²) in [4.78, 5) is 28.7. The lowest BCUT2D eigenvalue weighted by molar-refractivity contribution is -0.143. The summed E-state index contributed by atoms with van der Waals surface area (Å²) >= 11 is 12.2. The molecule has 2 atom stereocenters. The van der Waals surface area contributed by atoms with Crippen molar-refractivity contribution in [2.75, 3.05) is 6.61 Å². The fourth-order valence-corrected chi connectivity index (χ4v) is 4.28. The van der Waals surface area contributed by atoms with Crippen molar-refractivity contribution in [2.24, 2.45) is 0 Å². The van der Waals surface area contributed by atoms with Gasteiger partial charge in [0, 0.05) is 24.0 Å². The second kappa shape index (κ2) is 13.3. The molecule has 0 aliphatic heterocycles. The number of carbonyl (C=O) groups is 2. The Balaban J connectivity index is 1.92. The average Bonchev–Trinajstić information content (AvgIpc) is 2.86. The van der Waals surface area contributed by atoms with E-state index >= 15 is 0 Å². The van der Waals surface area contributed by atoms with Gasteiger partial charge >= 0.3 is 0 Å². The van der Waals surface area contributed by atoms with Crippen LogP contribution < -0.4 is 10.1 Å². The van der Waals surface area contributed by atoms with Crippen LogP contribution in [-0.2, 0) is 22.6 Å². The maximum absolute atomic E-state index is 13.6. The number of aryl methyl sites for hydroxylation is 1. The number of amides is 2. The predicted octanol–water partition coefficient (Wildman–Crippen LogP) is 6.24. The molecule has 3 rings (SSSR count). The van der Waals surface area contributed by atoms with Crippen molar-refractivity contribution < 1.29 is 14.3 Å². The number of hydrogen-bond acceptors (Lipinski definition) is 3. The molecule has 190 valence electrons. The molecule has 0 radical (unpaired) electrons. The van der Waals surface area contributed by atoms with Crippen molar-refractivity contribution in [3.05, 3.63) is 99.5 Å². The van der Waals surface area contributed by atoms with E-state index < -0.39 is 6.04 Å². The second-order valence-corrected chi connectivity index (χ2v) is 9.74. The van der Waals surface area contributed by atoms with Gasteiger partial charge in [0.2, 0.25) is 5.91 Å². The normalized spacial score (nSPS) is 12.5. The van der Waals surface area contributed by atoms with Crippen molar-refractivity contribution in [3.8, 4) is 5.75 Å². The number of nitrogens with one attached hydrogen (secondary N) is 1. The molecule has 0 aromatic heterocycles. The summed E-state index contributed by atoms with van der Waals surface area (Å²) in [6.07, 6.45) is 1.16. The first-order valence-electron chi connectivity index (χ1n) is 12.0. The van der Waals surface area contributed by atoms with Gasteiger partial charge < -0.3 is 15.0 Å². The van der Waals surface area contributed by atoms with Crippen molar-refractivity contribution in [2.45, 2.75) is 52.2 Å². The lowest BCUT2D eigenvalue weighted by atomic mass is 10.0. The Kier molecular flexibility index (Phi) is 10.2.